The zero-order chi connectivity index (χ0) is 24.1. The summed E-state index contributed by atoms with van der Waals surface area (Å²) in [6.07, 6.45) is 0. The van der Waals surface area contributed by atoms with Gasteiger partial charge in [0, 0.05) is 17.6 Å². The van der Waals surface area contributed by atoms with Crippen LogP contribution in [0.15, 0.2) is 48.5 Å². The number of halogens is 1. The van der Waals surface area contributed by atoms with Crippen molar-refractivity contribution in [3.05, 3.63) is 65.5 Å². The topological polar surface area (TPSA) is 58.6 Å². The van der Waals surface area contributed by atoms with E-state index in [1.165, 1.54) is 11.0 Å². The van der Waals surface area contributed by atoms with E-state index >= 15 is 0 Å². The predicted octanol–water partition coefficient (Wildman–Crippen LogP) is 4.83. The molecular weight excluding hydrogens is 407 g/mol. The van der Waals surface area contributed by atoms with Crippen molar-refractivity contribution in [2.75, 3.05) is 6.61 Å². The van der Waals surface area contributed by atoms with E-state index in [1.54, 1.807) is 25.1 Å². The minimum Gasteiger partial charge on any atom is -0.483 e. The second-order valence-electron chi connectivity index (χ2n) is 10.1. The SMILES string of the molecule is CC(C(=O)NC(C)(C)C)N(Cc1ccccc1F)C(=O)COc1ccccc1C(C)(C)C. The van der Waals surface area contributed by atoms with Gasteiger partial charge in [0.2, 0.25) is 5.91 Å². The lowest BCUT2D eigenvalue weighted by Crippen LogP contribution is -2.53. The molecule has 2 amide bonds. The van der Waals surface area contributed by atoms with Crippen molar-refractivity contribution < 1.29 is 18.7 Å². The van der Waals surface area contributed by atoms with E-state index in [0.29, 0.717) is 11.3 Å². The van der Waals surface area contributed by atoms with E-state index in [1.807, 2.05) is 45.0 Å². The fourth-order valence-electron chi connectivity index (χ4n) is 3.30. The number of nitrogens with one attached hydrogen (secondary N) is 1. The number of para-hydroxylation sites is 1. The van der Waals surface area contributed by atoms with Crippen LogP contribution < -0.4 is 10.1 Å². The smallest absolute Gasteiger partial charge is 0.261 e. The summed E-state index contributed by atoms with van der Waals surface area (Å²) in [5.74, 6) is -0.510. The molecule has 0 fully saturated rings. The van der Waals surface area contributed by atoms with Crippen molar-refractivity contribution in [2.45, 2.75) is 72.0 Å². The lowest BCUT2D eigenvalue weighted by atomic mass is 9.86. The third-order valence-electron chi connectivity index (χ3n) is 5.01. The van der Waals surface area contributed by atoms with Gasteiger partial charge < -0.3 is 15.0 Å². The van der Waals surface area contributed by atoms with Gasteiger partial charge in [-0.3, -0.25) is 9.59 Å². The first-order valence-corrected chi connectivity index (χ1v) is 10.9. The largest absolute Gasteiger partial charge is 0.483 e. The van der Waals surface area contributed by atoms with Crippen LogP contribution in [-0.4, -0.2) is 34.9 Å². The molecule has 2 rings (SSSR count). The summed E-state index contributed by atoms with van der Waals surface area (Å²) in [5, 5.41) is 2.89. The predicted molar refractivity (Wildman–Crippen MR) is 125 cm³/mol. The van der Waals surface area contributed by atoms with Crippen LogP contribution in [0.5, 0.6) is 5.75 Å². The first kappa shape index (κ1) is 25.4. The number of hydrogen-bond acceptors (Lipinski definition) is 3. The molecular formula is C26H35FN2O3. The van der Waals surface area contributed by atoms with Crippen LogP contribution in [0.25, 0.3) is 0 Å². The lowest BCUT2D eigenvalue weighted by molar-refractivity contribution is -0.142. The fraction of sp³-hybridized carbons (Fsp3) is 0.462. The molecule has 2 aromatic carbocycles. The maximum absolute atomic E-state index is 14.3. The van der Waals surface area contributed by atoms with Crippen LogP contribution in [0.2, 0.25) is 0 Å². The molecule has 0 saturated heterocycles. The quantitative estimate of drug-likeness (QED) is 0.668. The third kappa shape index (κ3) is 7.08. The Labute approximate surface area is 191 Å². The number of benzene rings is 2. The summed E-state index contributed by atoms with van der Waals surface area (Å²) in [6.45, 7) is 13.2. The number of amides is 2. The van der Waals surface area contributed by atoms with E-state index in [-0.39, 0.29) is 24.5 Å². The molecule has 0 bridgehead atoms. The molecule has 0 aliphatic rings. The van der Waals surface area contributed by atoms with E-state index in [2.05, 4.69) is 26.1 Å². The minimum atomic E-state index is -0.803. The average Bonchev–Trinajstić information content (AvgIpc) is 2.69. The normalized spacial score (nSPS) is 12.8. The average molecular weight is 443 g/mol. The van der Waals surface area contributed by atoms with Gasteiger partial charge >= 0.3 is 0 Å². The van der Waals surface area contributed by atoms with Crippen molar-refractivity contribution >= 4 is 11.8 Å². The van der Waals surface area contributed by atoms with Crippen LogP contribution in [0.3, 0.4) is 0 Å². The summed E-state index contributed by atoms with van der Waals surface area (Å²) >= 11 is 0. The summed E-state index contributed by atoms with van der Waals surface area (Å²) in [7, 11) is 0. The molecule has 5 nitrogen and oxygen atoms in total. The highest BCUT2D eigenvalue weighted by atomic mass is 19.1. The van der Waals surface area contributed by atoms with E-state index < -0.39 is 23.3 Å². The van der Waals surface area contributed by atoms with Gasteiger partial charge in [-0.2, -0.15) is 0 Å². The Morgan fingerprint density at radius 1 is 1.00 bits per heavy atom. The monoisotopic (exact) mass is 442 g/mol. The van der Waals surface area contributed by atoms with Crippen LogP contribution in [0.1, 0.15) is 59.6 Å². The highest BCUT2D eigenvalue weighted by Crippen LogP contribution is 2.31. The summed E-state index contributed by atoms with van der Waals surface area (Å²) < 4.78 is 20.2. The van der Waals surface area contributed by atoms with Crippen molar-refractivity contribution in [1.29, 1.82) is 0 Å². The summed E-state index contributed by atoms with van der Waals surface area (Å²) in [5.41, 5.74) is 0.699. The molecule has 174 valence electrons. The number of nitrogens with zero attached hydrogens (tertiary/aromatic N) is 1. The Bertz CT molecular complexity index is 945. The molecule has 0 aliphatic carbocycles. The molecule has 2 aromatic rings. The molecule has 32 heavy (non-hydrogen) atoms. The molecule has 1 atom stereocenters. The second-order valence-corrected chi connectivity index (χ2v) is 10.1. The van der Waals surface area contributed by atoms with Crippen LogP contribution in [0.4, 0.5) is 4.39 Å². The Kier molecular flexibility index (Phi) is 8.05. The minimum absolute atomic E-state index is 0.0332. The summed E-state index contributed by atoms with van der Waals surface area (Å²) in [6, 6.07) is 13.0. The number of carbonyl (C=O) groups excluding carboxylic acids is 2. The van der Waals surface area contributed by atoms with Crippen molar-refractivity contribution in [3.8, 4) is 5.75 Å². The second kappa shape index (κ2) is 10.2. The maximum Gasteiger partial charge on any atom is 0.261 e. The molecule has 0 spiro atoms. The van der Waals surface area contributed by atoms with E-state index in [4.69, 9.17) is 4.74 Å². The number of carbonyl (C=O) groups is 2. The van der Waals surface area contributed by atoms with Crippen LogP contribution in [-0.2, 0) is 21.5 Å². The molecule has 1 N–H and O–H groups in total. The molecule has 0 aromatic heterocycles. The van der Waals surface area contributed by atoms with Gasteiger partial charge in [0.05, 0.1) is 0 Å². The van der Waals surface area contributed by atoms with Gasteiger partial charge in [0.25, 0.3) is 5.91 Å². The molecule has 0 radical (unpaired) electrons. The van der Waals surface area contributed by atoms with Gasteiger partial charge in [-0.1, -0.05) is 57.2 Å². The number of hydrogen-bond donors (Lipinski definition) is 1. The third-order valence-corrected chi connectivity index (χ3v) is 5.01. The number of ether oxygens (including phenoxy) is 1. The first-order chi connectivity index (χ1) is 14.8. The zero-order valence-corrected chi connectivity index (χ0v) is 20.2. The maximum atomic E-state index is 14.3. The molecule has 1 unspecified atom stereocenters. The van der Waals surface area contributed by atoms with E-state index in [9.17, 15) is 14.0 Å². The van der Waals surface area contributed by atoms with Gasteiger partial charge in [0.1, 0.15) is 17.6 Å². The van der Waals surface area contributed by atoms with Gasteiger partial charge in [0.15, 0.2) is 6.61 Å². The lowest BCUT2D eigenvalue weighted by Gasteiger charge is -2.31. The van der Waals surface area contributed by atoms with Crippen LogP contribution in [0, 0.1) is 5.82 Å². The highest BCUT2D eigenvalue weighted by Gasteiger charge is 2.29. The molecule has 0 saturated carbocycles. The van der Waals surface area contributed by atoms with E-state index in [0.717, 1.165) is 5.56 Å². The van der Waals surface area contributed by atoms with Crippen LogP contribution >= 0.6 is 0 Å². The van der Waals surface area contributed by atoms with Crippen molar-refractivity contribution in [1.82, 2.24) is 10.2 Å². The fourth-order valence-corrected chi connectivity index (χ4v) is 3.30. The van der Waals surface area contributed by atoms with Crippen molar-refractivity contribution in [3.63, 3.8) is 0 Å². The Morgan fingerprint density at radius 3 is 2.19 bits per heavy atom. The standard InChI is InChI=1S/C26H35FN2O3/c1-18(24(31)28-26(5,6)7)29(16-19-12-8-10-14-21(19)27)23(30)17-32-22-15-11-9-13-20(22)25(2,3)4/h8-15,18H,16-17H2,1-7H3,(H,28,31). The van der Waals surface area contributed by atoms with Gasteiger partial charge in [-0.15, -0.1) is 0 Å². The van der Waals surface area contributed by atoms with Gasteiger partial charge in [-0.25, -0.2) is 4.39 Å². The Hall–Kier alpha value is -2.89. The number of rotatable bonds is 7. The first-order valence-electron chi connectivity index (χ1n) is 10.9. The Morgan fingerprint density at radius 2 is 1.59 bits per heavy atom. The zero-order valence-electron chi connectivity index (χ0n) is 20.2. The molecule has 6 heteroatoms. The summed E-state index contributed by atoms with van der Waals surface area (Å²) in [4.78, 5) is 27.4. The Balaban J connectivity index is 2.26. The van der Waals surface area contributed by atoms with Crippen molar-refractivity contribution in [2.24, 2.45) is 0 Å². The highest BCUT2D eigenvalue weighted by molar-refractivity contribution is 5.88. The van der Waals surface area contributed by atoms with Gasteiger partial charge in [-0.05, 0) is 50.8 Å². The molecule has 0 heterocycles. The molecule has 0 aliphatic heterocycles.